The number of esters is 9. The summed E-state index contributed by atoms with van der Waals surface area (Å²) in [5, 5.41) is 29.8. The van der Waals surface area contributed by atoms with Crippen molar-refractivity contribution in [3.8, 4) is 6.07 Å². The molecule has 810 valence electrons. The number of ether oxygens (including phenoxy) is 24. The summed E-state index contributed by atoms with van der Waals surface area (Å²) in [7, 11) is -1.37. The summed E-state index contributed by atoms with van der Waals surface area (Å²) in [5.41, 5.74) is 0. The number of nitrogens with zero attached hydrogens (tertiary/aromatic N) is 2. The van der Waals surface area contributed by atoms with Crippen LogP contribution in [0.1, 0.15) is 149 Å². The van der Waals surface area contributed by atoms with E-state index in [1.807, 2.05) is 0 Å². The summed E-state index contributed by atoms with van der Waals surface area (Å²) in [6.07, 6.45) is -18.2. The SMILES string of the molecule is CC(=O)NC1C(OCCOCCNC(=O)CC[C@H](NC(=O)CC[C@H](NC(=O)CCOCCOCCOCCOCCOCCOCCOP(OCCC#N)N(C(C)C)C(C)C)C(=O)NCCOCCOC2OC(COC(C)=O)C(OC(C)=O)C(OC(C)=O)C2NC(C)=O)C(=O)NCCOCCOC2OC(COC(C)=O)C(OC(C)=O)C(OC(C)=O)C2NC(C)=O)OC(COC(C)=O)C(OC(C)=O)C1OC(C)=O. The van der Waals surface area contributed by atoms with Gasteiger partial charge in [-0.3, -0.25) is 81.5 Å². The van der Waals surface area contributed by atoms with Gasteiger partial charge in [-0.2, -0.15) is 5.26 Å². The Morgan fingerprint density at radius 2 is 0.585 bits per heavy atom. The van der Waals surface area contributed by atoms with E-state index in [-0.39, 0.29) is 157 Å². The highest BCUT2D eigenvalue weighted by Gasteiger charge is 2.55. The summed E-state index contributed by atoms with van der Waals surface area (Å²) in [4.78, 5) is 217. The fourth-order valence-corrected chi connectivity index (χ4v) is 15.4. The van der Waals surface area contributed by atoms with Crippen LogP contribution < -0.4 is 42.5 Å². The van der Waals surface area contributed by atoms with Crippen LogP contribution in [0.15, 0.2) is 0 Å². The molecule has 0 radical (unpaired) electrons. The molecule has 8 amide bonds. The zero-order valence-corrected chi connectivity index (χ0v) is 84.5. The number of nitrogens with one attached hydrogen (secondary N) is 8. The summed E-state index contributed by atoms with van der Waals surface area (Å²) in [5.74, 6) is -12.8. The molecule has 0 spiro atoms. The molecule has 16 unspecified atom stereocenters. The molecule has 0 aromatic heterocycles. The summed E-state index contributed by atoms with van der Waals surface area (Å²) in [6, 6.07) is -4.33. The number of hydrogen-bond donors (Lipinski definition) is 8. The van der Waals surface area contributed by atoms with Crippen LogP contribution in [0.25, 0.3) is 0 Å². The molecule has 3 rings (SSSR count). The Kier molecular flexibility index (Phi) is 65.2. The van der Waals surface area contributed by atoms with Crippen molar-refractivity contribution in [1.82, 2.24) is 47.2 Å². The molecule has 3 heterocycles. The highest BCUT2D eigenvalue weighted by molar-refractivity contribution is 7.44. The first kappa shape index (κ1) is 126. The van der Waals surface area contributed by atoms with E-state index in [4.69, 9.17) is 128 Å². The number of rotatable bonds is 74. The van der Waals surface area contributed by atoms with Gasteiger partial charge in [0.15, 0.2) is 55.5 Å². The normalized spacial score (nSPS) is 21.5. The maximum atomic E-state index is 14.2. The fourth-order valence-electron chi connectivity index (χ4n) is 13.8. The zero-order chi connectivity index (χ0) is 105. The molecule has 142 heavy (non-hydrogen) atoms. The van der Waals surface area contributed by atoms with E-state index in [2.05, 4.69) is 81.0 Å². The lowest BCUT2D eigenvalue weighted by Crippen LogP contribution is -2.66. The standard InChI is InChI=1S/C88H145N10O43P/c1-53(2)98(54(3)4)142(131-27-17-23-89)132-49-45-124-41-40-123-39-38-122-37-36-121-35-34-120-33-32-116-28-22-74(113)97-68(85(115)92-26-31-119-44-48-127-88-77(95-57(7)101)83(138-66(16)110)80(135-63(13)107)71(141-88)52-130-60(10)104)19-21-73(112)96-67(84(114)91-25-30-118-43-47-126-87-76(94-56(6)100)82(137-65(15)109)79(134-62(12)106)70(140-87)51-129-59(9)103)18-20-72(111)90-24-29-117-42-46-125-86-75(93-55(5)99)81(136-64(14)108)78(133-61(11)105)69(139-86)50-128-58(8)102/h53-54,67-71,75-83,86-88H,17-22,24-52H2,1-16H3,(H,90,111)(H,91,114)(H,92,115)(H,93,99)(H,94,100)(H,95,101)(H,96,112)(H,97,113)/t67-,68-,69?,70?,71?,75?,76?,77?,78?,79?,80?,81?,82?,83?,86?,87?,88?,142?/m0/s1. The maximum absolute atomic E-state index is 14.2. The Bertz CT molecular complexity index is 3890. The van der Waals surface area contributed by atoms with Gasteiger partial charge < -0.3 is 165 Å². The van der Waals surface area contributed by atoms with Crippen molar-refractivity contribution in [2.75, 3.05) is 191 Å². The lowest BCUT2D eigenvalue weighted by atomic mass is 9.96. The van der Waals surface area contributed by atoms with E-state index in [1.54, 1.807) is 0 Å². The Labute approximate surface area is 825 Å². The Morgan fingerprint density at radius 1 is 0.317 bits per heavy atom. The van der Waals surface area contributed by atoms with Gasteiger partial charge in [0.05, 0.1) is 164 Å². The molecule has 0 aliphatic carbocycles. The first-order valence-electron chi connectivity index (χ1n) is 46.5. The van der Waals surface area contributed by atoms with Crippen LogP contribution in [0.2, 0.25) is 0 Å². The van der Waals surface area contributed by atoms with Gasteiger partial charge >= 0.3 is 53.7 Å². The minimum atomic E-state index is -1.47. The van der Waals surface area contributed by atoms with Crippen molar-refractivity contribution in [3.63, 3.8) is 0 Å². The highest BCUT2D eigenvalue weighted by atomic mass is 31.2. The molecule has 8 N–H and O–H groups in total. The first-order valence-corrected chi connectivity index (χ1v) is 47.6. The molecular formula is C88H145N10O43P. The second-order valence-electron chi connectivity index (χ2n) is 32.2. The van der Waals surface area contributed by atoms with Crippen molar-refractivity contribution in [1.29, 1.82) is 5.26 Å². The largest absolute Gasteiger partial charge is 0.463 e. The van der Waals surface area contributed by atoms with Crippen LogP contribution in [-0.2, 0) is 204 Å². The van der Waals surface area contributed by atoms with Crippen molar-refractivity contribution in [2.24, 2.45) is 0 Å². The van der Waals surface area contributed by atoms with Gasteiger partial charge in [-0.05, 0) is 40.5 Å². The summed E-state index contributed by atoms with van der Waals surface area (Å²) in [6.45, 7) is 20.8. The number of carbonyl (C=O) groups is 17. The van der Waals surface area contributed by atoms with Crippen molar-refractivity contribution < 1.29 is 204 Å². The molecule has 3 saturated heterocycles. The van der Waals surface area contributed by atoms with E-state index in [0.29, 0.717) is 46.2 Å². The molecule has 53 nitrogen and oxygen atoms in total. The van der Waals surface area contributed by atoms with Gasteiger partial charge in [0.1, 0.15) is 68.3 Å². The third kappa shape index (κ3) is 55.3. The second kappa shape index (κ2) is 73.3. The average Bonchev–Trinajstić information content (AvgIpc) is 0.793. The monoisotopic (exact) mass is 2060 g/mol. The second-order valence-corrected chi connectivity index (χ2v) is 33.6. The Morgan fingerprint density at radius 3 is 0.880 bits per heavy atom. The lowest BCUT2D eigenvalue weighted by Gasteiger charge is -2.44. The molecule has 0 saturated carbocycles. The predicted molar refractivity (Wildman–Crippen MR) is 484 cm³/mol. The Hall–Kier alpha value is -9.81. The Balaban J connectivity index is 1.76. The summed E-state index contributed by atoms with van der Waals surface area (Å²) < 4.78 is 149. The number of amides is 8. The first-order chi connectivity index (χ1) is 67.6. The lowest BCUT2D eigenvalue weighted by molar-refractivity contribution is -0.279. The predicted octanol–water partition coefficient (Wildman–Crippen LogP) is -2.28. The zero-order valence-electron chi connectivity index (χ0n) is 83.6. The van der Waals surface area contributed by atoms with Crippen molar-refractivity contribution in [3.05, 3.63) is 0 Å². The van der Waals surface area contributed by atoms with Crippen LogP contribution >= 0.6 is 8.53 Å². The highest BCUT2D eigenvalue weighted by Crippen LogP contribution is 2.46. The molecule has 3 fully saturated rings. The molecule has 0 aromatic carbocycles. The van der Waals surface area contributed by atoms with Gasteiger partial charge in [0.2, 0.25) is 47.3 Å². The van der Waals surface area contributed by atoms with Crippen molar-refractivity contribution >= 4 is 110 Å². The summed E-state index contributed by atoms with van der Waals surface area (Å²) >= 11 is 0. The smallest absolute Gasteiger partial charge is 0.303 e. The number of carbonyl (C=O) groups excluding carboxylic acids is 17. The minimum Gasteiger partial charge on any atom is -0.463 e. The van der Waals surface area contributed by atoms with Gasteiger partial charge in [-0.1, -0.05) is 0 Å². The molecular weight excluding hydrogens is 1920 g/mol. The van der Waals surface area contributed by atoms with Crippen LogP contribution in [0.4, 0.5) is 0 Å². The molecule has 3 aliphatic rings. The van der Waals surface area contributed by atoms with E-state index in [0.717, 1.165) is 83.1 Å². The topological polar surface area (TPSA) is 653 Å². The van der Waals surface area contributed by atoms with Gasteiger partial charge in [0, 0.05) is 134 Å². The number of nitriles is 1. The van der Waals surface area contributed by atoms with E-state index >= 15 is 0 Å². The van der Waals surface area contributed by atoms with Gasteiger partial charge in [-0.25, -0.2) is 4.67 Å². The van der Waals surface area contributed by atoms with Crippen LogP contribution in [0.5, 0.6) is 0 Å². The van der Waals surface area contributed by atoms with Crippen LogP contribution in [-0.4, -0.2) is 413 Å². The van der Waals surface area contributed by atoms with Crippen LogP contribution in [0.3, 0.4) is 0 Å². The van der Waals surface area contributed by atoms with Gasteiger partial charge in [-0.15, -0.1) is 0 Å². The quantitative estimate of drug-likeness (QED) is 0.0138. The molecule has 0 aromatic rings. The van der Waals surface area contributed by atoms with E-state index in [9.17, 15) is 81.5 Å². The number of hydrogen-bond acceptors (Lipinski definition) is 45. The minimum absolute atomic E-state index is 0.0536. The fraction of sp³-hybridized carbons (Fsp3) is 0.795. The van der Waals surface area contributed by atoms with E-state index in [1.165, 1.54) is 0 Å². The molecule has 3 aliphatic heterocycles. The third-order valence-electron chi connectivity index (χ3n) is 19.5. The van der Waals surface area contributed by atoms with Crippen LogP contribution in [0, 0.1) is 11.3 Å². The molecule has 18 atom stereocenters. The van der Waals surface area contributed by atoms with Crippen molar-refractivity contribution in [2.45, 2.75) is 265 Å². The average molecular weight is 2060 g/mol. The van der Waals surface area contributed by atoms with E-state index < -0.39 is 253 Å². The molecule has 54 heteroatoms. The maximum Gasteiger partial charge on any atom is 0.303 e. The van der Waals surface area contributed by atoms with Gasteiger partial charge in [0.25, 0.3) is 8.53 Å². The molecule has 0 bridgehead atoms. The third-order valence-corrected chi connectivity index (χ3v) is 21.6.